The molecular formula is C19H25N3O3S2. The summed E-state index contributed by atoms with van der Waals surface area (Å²) in [5.41, 5.74) is 0.975. The first-order valence-corrected chi connectivity index (χ1v) is 11.3. The second kappa shape index (κ2) is 7.56. The summed E-state index contributed by atoms with van der Waals surface area (Å²) in [7, 11) is 1.74. The molecule has 1 amide bonds. The fourth-order valence-corrected chi connectivity index (χ4v) is 6.03. The van der Waals surface area contributed by atoms with Gasteiger partial charge in [0.25, 0.3) is 5.56 Å². The quantitative estimate of drug-likeness (QED) is 0.578. The summed E-state index contributed by atoms with van der Waals surface area (Å²) < 4.78 is 7.44. The molecule has 146 valence electrons. The van der Waals surface area contributed by atoms with E-state index in [9.17, 15) is 9.59 Å². The molecule has 2 aromatic rings. The fraction of sp³-hybridized carbons (Fsp3) is 0.632. The van der Waals surface area contributed by atoms with Crippen molar-refractivity contribution in [3.63, 3.8) is 0 Å². The molecule has 4 rings (SSSR count). The average molecular weight is 408 g/mol. The first-order valence-electron chi connectivity index (χ1n) is 9.48. The molecule has 2 unspecified atom stereocenters. The topological polar surface area (TPSA) is 64.4 Å². The highest BCUT2D eigenvalue weighted by Gasteiger charge is 2.36. The van der Waals surface area contributed by atoms with Crippen molar-refractivity contribution in [2.24, 2.45) is 7.05 Å². The SMILES string of the molecule is Cc1sc2nc(SCC(=O)N3CCOC4CCCCC43)n(C)c(=O)c2c1C. The van der Waals surface area contributed by atoms with Crippen molar-refractivity contribution in [1.82, 2.24) is 14.5 Å². The van der Waals surface area contributed by atoms with Crippen molar-refractivity contribution in [2.45, 2.75) is 56.8 Å². The minimum atomic E-state index is -0.0319. The van der Waals surface area contributed by atoms with Gasteiger partial charge < -0.3 is 9.64 Å². The molecule has 27 heavy (non-hydrogen) atoms. The summed E-state index contributed by atoms with van der Waals surface area (Å²) in [5, 5.41) is 1.31. The van der Waals surface area contributed by atoms with Gasteiger partial charge in [0, 0.05) is 18.5 Å². The molecule has 2 aromatic heterocycles. The van der Waals surface area contributed by atoms with Crippen LogP contribution in [0.5, 0.6) is 0 Å². The van der Waals surface area contributed by atoms with Gasteiger partial charge in [0.2, 0.25) is 5.91 Å². The number of rotatable bonds is 3. The molecule has 2 atom stereocenters. The van der Waals surface area contributed by atoms with Crippen molar-refractivity contribution in [3.8, 4) is 0 Å². The third-order valence-corrected chi connectivity index (χ3v) is 7.86. The van der Waals surface area contributed by atoms with Gasteiger partial charge in [0.1, 0.15) is 4.83 Å². The third kappa shape index (κ3) is 3.43. The van der Waals surface area contributed by atoms with Crippen LogP contribution in [-0.2, 0) is 16.6 Å². The zero-order valence-corrected chi connectivity index (χ0v) is 17.6. The number of carbonyl (C=O) groups is 1. The van der Waals surface area contributed by atoms with E-state index in [1.165, 1.54) is 18.2 Å². The Morgan fingerprint density at radius 1 is 1.33 bits per heavy atom. The van der Waals surface area contributed by atoms with Gasteiger partial charge in [-0.15, -0.1) is 11.3 Å². The number of thioether (sulfide) groups is 1. The standard InChI is InChI=1S/C19H25N3O3S2/c1-11-12(2)27-17-16(11)18(24)21(3)19(20-17)26-10-15(23)22-8-9-25-14-7-5-4-6-13(14)22/h13-14H,4-10H2,1-3H3. The Hall–Kier alpha value is -1.38. The van der Waals surface area contributed by atoms with Gasteiger partial charge in [0.15, 0.2) is 5.16 Å². The third-order valence-electron chi connectivity index (χ3n) is 5.75. The average Bonchev–Trinajstić information content (AvgIpc) is 2.96. The number of aromatic nitrogens is 2. The van der Waals surface area contributed by atoms with Gasteiger partial charge in [-0.2, -0.15) is 0 Å². The van der Waals surface area contributed by atoms with E-state index in [0.717, 1.165) is 34.5 Å². The van der Waals surface area contributed by atoms with E-state index in [0.29, 0.717) is 29.4 Å². The molecule has 1 saturated heterocycles. The second-order valence-corrected chi connectivity index (χ2v) is 9.50. The molecule has 3 heterocycles. The van der Waals surface area contributed by atoms with Crippen molar-refractivity contribution in [3.05, 3.63) is 20.8 Å². The van der Waals surface area contributed by atoms with E-state index >= 15 is 0 Å². The van der Waals surface area contributed by atoms with Gasteiger partial charge in [-0.3, -0.25) is 14.2 Å². The number of thiophene rings is 1. The Labute approximate surface area is 166 Å². The van der Waals surface area contributed by atoms with E-state index in [1.54, 1.807) is 23.0 Å². The largest absolute Gasteiger partial charge is 0.374 e. The predicted octanol–water partition coefficient (Wildman–Crippen LogP) is 2.87. The molecule has 2 fully saturated rings. The first kappa shape index (κ1) is 19.0. The Morgan fingerprint density at radius 2 is 2.11 bits per heavy atom. The highest BCUT2D eigenvalue weighted by atomic mass is 32.2. The lowest BCUT2D eigenvalue weighted by atomic mass is 9.90. The number of hydrogen-bond donors (Lipinski definition) is 0. The molecule has 0 spiro atoms. The normalized spacial score (nSPS) is 22.9. The number of amides is 1. The molecule has 0 bridgehead atoms. The molecule has 0 N–H and O–H groups in total. The number of morpholine rings is 1. The number of fused-ring (bicyclic) bond motifs is 2. The van der Waals surface area contributed by atoms with Crippen molar-refractivity contribution in [2.75, 3.05) is 18.9 Å². The molecule has 1 aliphatic heterocycles. The molecular weight excluding hydrogens is 382 g/mol. The summed E-state index contributed by atoms with van der Waals surface area (Å²) in [6, 6.07) is 0.211. The number of ether oxygens (including phenoxy) is 1. The number of carbonyl (C=O) groups excluding carboxylic acids is 1. The summed E-state index contributed by atoms with van der Waals surface area (Å²) >= 11 is 2.90. The monoisotopic (exact) mass is 407 g/mol. The minimum Gasteiger partial charge on any atom is -0.374 e. The highest BCUT2D eigenvalue weighted by Crippen LogP contribution is 2.30. The predicted molar refractivity (Wildman–Crippen MR) is 109 cm³/mol. The summed E-state index contributed by atoms with van der Waals surface area (Å²) in [5.74, 6) is 0.423. The van der Waals surface area contributed by atoms with Crippen LogP contribution in [0.15, 0.2) is 9.95 Å². The molecule has 1 saturated carbocycles. The minimum absolute atomic E-state index is 0.0319. The van der Waals surface area contributed by atoms with E-state index in [-0.39, 0.29) is 23.6 Å². The second-order valence-electron chi connectivity index (χ2n) is 7.36. The van der Waals surface area contributed by atoms with Crippen LogP contribution in [0.25, 0.3) is 10.2 Å². The first-order chi connectivity index (χ1) is 13.0. The highest BCUT2D eigenvalue weighted by molar-refractivity contribution is 7.99. The Balaban J connectivity index is 1.52. The summed E-state index contributed by atoms with van der Waals surface area (Å²) in [6.45, 7) is 5.26. The lowest BCUT2D eigenvalue weighted by Gasteiger charge is -2.43. The van der Waals surface area contributed by atoms with Gasteiger partial charge >= 0.3 is 0 Å². The Kier molecular flexibility index (Phi) is 5.31. The van der Waals surface area contributed by atoms with Gasteiger partial charge in [-0.25, -0.2) is 4.98 Å². The number of nitrogens with zero attached hydrogens (tertiary/aromatic N) is 3. The summed E-state index contributed by atoms with van der Waals surface area (Å²) in [4.78, 5) is 34.1. The van der Waals surface area contributed by atoms with Crippen LogP contribution in [-0.4, -0.2) is 51.4 Å². The van der Waals surface area contributed by atoms with E-state index in [4.69, 9.17) is 4.74 Å². The van der Waals surface area contributed by atoms with Crippen LogP contribution >= 0.6 is 23.1 Å². The lowest BCUT2D eigenvalue weighted by molar-refractivity contribution is -0.146. The lowest BCUT2D eigenvalue weighted by Crippen LogP contribution is -2.55. The Bertz CT molecular complexity index is 934. The smallest absolute Gasteiger partial charge is 0.262 e. The van der Waals surface area contributed by atoms with Gasteiger partial charge in [0.05, 0.1) is 29.9 Å². The molecule has 6 nitrogen and oxygen atoms in total. The maximum absolute atomic E-state index is 12.9. The zero-order chi connectivity index (χ0) is 19.1. The van der Waals surface area contributed by atoms with Crippen molar-refractivity contribution >= 4 is 39.2 Å². The maximum Gasteiger partial charge on any atom is 0.262 e. The van der Waals surface area contributed by atoms with Crippen molar-refractivity contribution in [1.29, 1.82) is 0 Å². The number of aryl methyl sites for hydroxylation is 2. The van der Waals surface area contributed by atoms with Crippen LogP contribution in [0.2, 0.25) is 0 Å². The van der Waals surface area contributed by atoms with Crippen LogP contribution in [0, 0.1) is 13.8 Å². The Morgan fingerprint density at radius 3 is 2.93 bits per heavy atom. The van der Waals surface area contributed by atoms with Gasteiger partial charge in [-0.05, 0) is 32.3 Å². The van der Waals surface area contributed by atoms with Crippen LogP contribution < -0.4 is 5.56 Å². The fourth-order valence-electron chi connectivity index (χ4n) is 4.10. The number of hydrogen-bond acceptors (Lipinski definition) is 6. The van der Waals surface area contributed by atoms with Crippen LogP contribution in [0.3, 0.4) is 0 Å². The van der Waals surface area contributed by atoms with E-state index in [1.807, 2.05) is 18.7 Å². The summed E-state index contributed by atoms with van der Waals surface area (Å²) in [6.07, 6.45) is 4.61. The van der Waals surface area contributed by atoms with Crippen LogP contribution in [0.1, 0.15) is 36.1 Å². The molecule has 1 aliphatic carbocycles. The van der Waals surface area contributed by atoms with Gasteiger partial charge in [-0.1, -0.05) is 24.6 Å². The zero-order valence-electron chi connectivity index (χ0n) is 16.0. The molecule has 2 aliphatic rings. The van der Waals surface area contributed by atoms with Crippen LogP contribution in [0.4, 0.5) is 0 Å². The molecule has 0 aromatic carbocycles. The van der Waals surface area contributed by atoms with E-state index < -0.39 is 0 Å². The van der Waals surface area contributed by atoms with E-state index in [2.05, 4.69) is 4.98 Å². The molecule has 0 radical (unpaired) electrons. The maximum atomic E-state index is 12.9. The van der Waals surface area contributed by atoms with Crippen molar-refractivity contribution < 1.29 is 9.53 Å². The molecule has 8 heteroatoms.